The molecule has 0 aromatic rings. The molecule has 0 nitrogen and oxygen atoms in total. The molecular weight excluding hydrogens is 120 g/mol. The summed E-state index contributed by atoms with van der Waals surface area (Å²) in [7, 11) is 0. The van der Waals surface area contributed by atoms with Crippen molar-refractivity contribution in [2.75, 3.05) is 0 Å². The predicted molar refractivity (Wildman–Crippen MR) is 41.7 cm³/mol. The Morgan fingerprint density at radius 3 is 2.60 bits per heavy atom. The third-order valence-corrected chi connectivity index (χ3v) is 4.15. The molecule has 3 rings (SSSR count). The Kier molecular flexibility index (Phi) is 1.00. The minimum absolute atomic E-state index is 1.18. The van der Waals surface area contributed by atoms with Crippen LogP contribution in [0.2, 0.25) is 0 Å². The van der Waals surface area contributed by atoms with Crippen molar-refractivity contribution < 1.29 is 0 Å². The number of rotatable bonds is 0. The maximum Gasteiger partial charge on any atom is -0.0352 e. The quantitative estimate of drug-likeness (QED) is 0.480. The largest absolute Gasteiger partial charge is 0.0527 e. The molecule has 0 saturated heterocycles. The Labute approximate surface area is 63.0 Å². The summed E-state index contributed by atoms with van der Waals surface area (Å²) in [5.74, 6) is 4.82. The first kappa shape index (κ1) is 5.62. The van der Waals surface area contributed by atoms with Crippen LogP contribution in [-0.4, -0.2) is 0 Å². The Bertz CT molecular complexity index is 150. The third kappa shape index (κ3) is 0.627. The Balaban J connectivity index is 1.83. The predicted octanol–water partition coefficient (Wildman–Crippen LogP) is 2.83. The van der Waals surface area contributed by atoms with Gasteiger partial charge in [0.05, 0.1) is 0 Å². The lowest BCUT2D eigenvalue weighted by Crippen LogP contribution is -2.15. The van der Waals surface area contributed by atoms with E-state index in [1.54, 1.807) is 38.5 Å². The normalized spacial score (nSPS) is 57.6. The summed E-state index contributed by atoms with van der Waals surface area (Å²) in [6.07, 6.45) is 9.51. The van der Waals surface area contributed by atoms with Crippen LogP contribution < -0.4 is 0 Å². The standard InChI is InChI=1S/C10H16/c1-2-7-4-5-8-6-10(8)9(7)3-1/h7-10H,1-6H2/t7-,8+,9-,10-/m1/s1. The molecule has 0 aliphatic heterocycles. The number of hydrogen-bond donors (Lipinski definition) is 0. The first-order chi connectivity index (χ1) is 4.95. The summed E-state index contributed by atoms with van der Waals surface area (Å²) in [5.41, 5.74) is 0. The SMILES string of the molecule is C1C[C@@H]2CC[C@H]3C[C@H]3[C@@H]2C1. The van der Waals surface area contributed by atoms with Gasteiger partial charge in [0, 0.05) is 0 Å². The molecule has 0 aromatic heterocycles. The summed E-state index contributed by atoms with van der Waals surface area (Å²) in [6.45, 7) is 0. The van der Waals surface area contributed by atoms with Crippen LogP contribution in [0.15, 0.2) is 0 Å². The molecule has 0 amide bonds. The molecule has 0 heteroatoms. The highest BCUT2D eigenvalue weighted by Crippen LogP contribution is 2.59. The van der Waals surface area contributed by atoms with E-state index in [4.69, 9.17) is 0 Å². The van der Waals surface area contributed by atoms with Gasteiger partial charge in [-0.15, -0.1) is 0 Å². The van der Waals surface area contributed by atoms with E-state index in [1.807, 2.05) is 0 Å². The highest BCUT2D eigenvalue weighted by atomic mass is 14.5. The zero-order chi connectivity index (χ0) is 6.55. The van der Waals surface area contributed by atoms with Crippen LogP contribution >= 0.6 is 0 Å². The second-order valence-electron chi connectivity index (χ2n) is 4.59. The summed E-state index contributed by atoms with van der Waals surface area (Å²) >= 11 is 0. The van der Waals surface area contributed by atoms with Gasteiger partial charge in [-0.3, -0.25) is 0 Å². The highest BCUT2D eigenvalue weighted by molar-refractivity contribution is 5.00. The van der Waals surface area contributed by atoms with Gasteiger partial charge in [-0.2, -0.15) is 0 Å². The van der Waals surface area contributed by atoms with E-state index in [2.05, 4.69) is 0 Å². The van der Waals surface area contributed by atoms with Gasteiger partial charge in [-0.1, -0.05) is 12.8 Å². The van der Waals surface area contributed by atoms with Gasteiger partial charge in [0.1, 0.15) is 0 Å². The van der Waals surface area contributed by atoms with Crippen molar-refractivity contribution in [3.8, 4) is 0 Å². The zero-order valence-electron chi connectivity index (χ0n) is 6.55. The smallest absolute Gasteiger partial charge is 0.0352 e. The van der Waals surface area contributed by atoms with E-state index in [1.165, 1.54) is 23.7 Å². The van der Waals surface area contributed by atoms with E-state index < -0.39 is 0 Å². The summed E-state index contributed by atoms with van der Waals surface area (Å²) in [4.78, 5) is 0. The molecule has 3 saturated carbocycles. The van der Waals surface area contributed by atoms with E-state index in [0.29, 0.717) is 0 Å². The van der Waals surface area contributed by atoms with Crippen LogP contribution in [0.1, 0.15) is 38.5 Å². The lowest BCUT2D eigenvalue weighted by Gasteiger charge is -2.24. The molecule has 4 atom stereocenters. The first-order valence-corrected chi connectivity index (χ1v) is 4.95. The zero-order valence-corrected chi connectivity index (χ0v) is 6.55. The molecule has 3 fully saturated rings. The van der Waals surface area contributed by atoms with Crippen molar-refractivity contribution >= 4 is 0 Å². The average Bonchev–Trinajstić information content (AvgIpc) is 2.60. The van der Waals surface area contributed by atoms with Crippen molar-refractivity contribution in [1.82, 2.24) is 0 Å². The Morgan fingerprint density at radius 1 is 0.700 bits per heavy atom. The van der Waals surface area contributed by atoms with Crippen molar-refractivity contribution in [3.05, 3.63) is 0 Å². The van der Waals surface area contributed by atoms with E-state index in [-0.39, 0.29) is 0 Å². The van der Waals surface area contributed by atoms with Crippen molar-refractivity contribution in [2.24, 2.45) is 23.7 Å². The van der Waals surface area contributed by atoms with Crippen molar-refractivity contribution in [2.45, 2.75) is 38.5 Å². The fourth-order valence-corrected chi connectivity index (χ4v) is 3.54. The minimum Gasteiger partial charge on any atom is -0.0527 e. The second-order valence-corrected chi connectivity index (χ2v) is 4.59. The second kappa shape index (κ2) is 1.78. The van der Waals surface area contributed by atoms with Crippen molar-refractivity contribution in [1.29, 1.82) is 0 Å². The van der Waals surface area contributed by atoms with E-state index in [0.717, 1.165) is 0 Å². The minimum atomic E-state index is 1.18. The summed E-state index contributed by atoms with van der Waals surface area (Å²) in [6, 6.07) is 0. The van der Waals surface area contributed by atoms with Crippen LogP contribution in [0.3, 0.4) is 0 Å². The third-order valence-electron chi connectivity index (χ3n) is 4.15. The number of hydrogen-bond acceptors (Lipinski definition) is 0. The molecule has 0 N–H and O–H groups in total. The molecule has 0 aromatic carbocycles. The topological polar surface area (TPSA) is 0 Å². The highest BCUT2D eigenvalue weighted by Gasteiger charge is 2.50. The van der Waals surface area contributed by atoms with Gasteiger partial charge < -0.3 is 0 Å². The van der Waals surface area contributed by atoms with Crippen LogP contribution in [0.4, 0.5) is 0 Å². The molecule has 0 spiro atoms. The van der Waals surface area contributed by atoms with Gasteiger partial charge in [0.25, 0.3) is 0 Å². The van der Waals surface area contributed by atoms with Crippen molar-refractivity contribution in [3.63, 3.8) is 0 Å². The Morgan fingerprint density at radius 2 is 1.60 bits per heavy atom. The molecular formula is C10H16. The maximum atomic E-state index is 1.61. The van der Waals surface area contributed by atoms with E-state index in [9.17, 15) is 0 Å². The van der Waals surface area contributed by atoms with Gasteiger partial charge in [-0.05, 0) is 49.4 Å². The maximum absolute atomic E-state index is 1.61. The Hall–Kier alpha value is 0. The lowest BCUT2D eigenvalue weighted by molar-refractivity contribution is 0.259. The van der Waals surface area contributed by atoms with Crippen LogP contribution in [0, 0.1) is 23.7 Å². The molecule has 0 unspecified atom stereocenters. The fraction of sp³-hybridized carbons (Fsp3) is 1.00. The number of fused-ring (bicyclic) bond motifs is 3. The van der Waals surface area contributed by atoms with Gasteiger partial charge in [0.2, 0.25) is 0 Å². The molecule has 0 radical (unpaired) electrons. The average molecular weight is 136 g/mol. The van der Waals surface area contributed by atoms with E-state index >= 15 is 0 Å². The monoisotopic (exact) mass is 136 g/mol. The van der Waals surface area contributed by atoms with Crippen LogP contribution in [0.5, 0.6) is 0 Å². The molecule has 0 bridgehead atoms. The molecule has 0 heterocycles. The molecule has 3 aliphatic carbocycles. The van der Waals surface area contributed by atoms with Gasteiger partial charge in [-0.25, -0.2) is 0 Å². The molecule has 3 aliphatic rings. The molecule has 10 heavy (non-hydrogen) atoms. The van der Waals surface area contributed by atoms with Gasteiger partial charge in [0.15, 0.2) is 0 Å². The van der Waals surface area contributed by atoms with Crippen LogP contribution in [-0.2, 0) is 0 Å². The van der Waals surface area contributed by atoms with Gasteiger partial charge >= 0.3 is 0 Å². The summed E-state index contributed by atoms with van der Waals surface area (Å²) < 4.78 is 0. The first-order valence-electron chi connectivity index (χ1n) is 4.95. The summed E-state index contributed by atoms with van der Waals surface area (Å²) in [5, 5.41) is 0. The lowest BCUT2D eigenvalue weighted by atomic mass is 9.82. The molecule has 56 valence electrons. The van der Waals surface area contributed by atoms with Crippen LogP contribution in [0.25, 0.3) is 0 Å². The fourth-order valence-electron chi connectivity index (χ4n) is 3.54.